The van der Waals surface area contributed by atoms with Gasteiger partial charge in [0.15, 0.2) is 0 Å². The molecule has 0 radical (unpaired) electrons. The lowest BCUT2D eigenvalue weighted by molar-refractivity contribution is -0.131. The Morgan fingerprint density at radius 2 is 1.84 bits per heavy atom. The van der Waals surface area contributed by atoms with E-state index < -0.39 is 0 Å². The van der Waals surface area contributed by atoms with Crippen LogP contribution in [-0.4, -0.2) is 5.97 Å². The molecule has 0 saturated carbocycles. The minimum atomic E-state index is -0.258. The van der Waals surface area contributed by atoms with Crippen molar-refractivity contribution in [3.05, 3.63) is 28.8 Å². The van der Waals surface area contributed by atoms with Gasteiger partial charge in [-0.1, -0.05) is 33.8 Å². The molecule has 0 amide bonds. The van der Waals surface area contributed by atoms with Crippen molar-refractivity contribution in [2.45, 2.75) is 60.3 Å². The summed E-state index contributed by atoms with van der Waals surface area (Å²) in [6, 6.07) is 4.12. The van der Waals surface area contributed by atoms with Gasteiger partial charge in [0.1, 0.15) is 5.75 Å². The second kappa shape index (κ2) is 5.77. The van der Waals surface area contributed by atoms with Crippen molar-refractivity contribution < 1.29 is 9.53 Å². The van der Waals surface area contributed by atoms with Gasteiger partial charge in [0.05, 0.1) is 0 Å². The van der Waals surface area contributed by atoms with Gasteiger partial charge in [-0.2, -0.15) is 0 Å². The fraction of sp³-hybridized carbons (Fsp3) is 0.588. The summed E-state index contributed by atoms with van der Waals surface area (Å²) >= 11 is 0. The van der Waals surface area contributed by atoms with Gasteiger partial charge in [-0.15, -0.1) is 0 Å². The predicted octanol–water partition coefficient (Wildman–Crippen LogP) is 4.55. The molecule has 1 rings (SSSR count). The molecule has 106 valence electrons. The van der Waals surface area contributed by atoms with E-state index in [1.54, 1.807) is 0 Å². The minimum absolute atomic E-state index is 0.00324. The zero-order chi connectivity index (χ0) is 14.8. The van der Waals surface area contributed by atoms with Crippen molar-refractivity contribution in [3.63, 3.8) is 0 Å². The average Bonchev–Trinajstić information content (AvgIpc) is 2.10. The van der Waals surface area contributed by atoms with E-state index in [1.165, 1.54) is 12.5 Å². The lowest BCUT2D eigenvalue weighted by Crippen LogP contribution is -2.23. The molecule has 0 aliphatic carbocycles. The Kier molecular flexibility index (Phi) is 4.78. The van der Waals surface area contributed by atoms with Crippen LogP contribution in [0.1, 0.15) is 57.7 Å². The van der Waals surface area contributed by atoms with Crippen molar-refractivity contribution in [2.75, 3.05) is 0 Å². The van der Waals surface area contributed by atoms with Crippen LogP contribution < -0.4 is 4.74 Å². The maximum Gasteiger partial charge on any atom is 0.308 e. The number of rotatable bonds is 4. The van der Waals surface area contributed by atoms with Crippen LogP contribution in [0, 0.1) is 19.8 Å². The summed E-state index contributed by atoms with van der Waals surface area (Å²) < 4.78 is 5.44. The topological polar surface area (TPSA) is 26.3 Å². The zero-order valence-corrected chi connectivity index (χ0v) is 13.3. The molecule has 2 nitrogen and oxygen atoms in total. The summed E-state index contributed by atoms with van der Waals surface area (Å²) in [6.07, 6.45) is 1.06. The van der Waals surface area contributed by atoms with E-state index in [0.717, 1.165) is 23.3 Å². The summed E-state index contributed by atoms with van der Waals surface area (Å²) in [5, 5.41) is 0. The van der Waals surface area contributed by atoms with E-state index in [-0.39, 0.29) is 11.4 Å². The molecular weight excluding hydrogens is 236 g/mol. The molecule has 0 saturated heterocycles. The Morgan fingerprint density at radius 1 is 1.26 bits per heavy atom. The fourth-order valence-corrected chi connectivity index (χ4v) is 3.15. The Morgan fingerprint density at radius 3 is 2.32 bits per heavy atom. The van der Waals surface area contributed by atoms with E-state index >= 15 is 0 Å². The number of ether oxygens (including phenoxy) is 1. The van der Waals surface area contributed by atoms with E-state index in [9.17, 15) is 4.79 Å². The van der Waals surface area contributed by atoms with Crippen molar-refractivity contribution >= 4 is 5.97 Å². The third-order valence-electron chi connectivity index (χ3n) is 3.29. The molecule has 0 fully saturated rings. The highest BCUT2D eigenvalue weighted by atomic mass is 16.5. The Hall–Kier alpha value is -1.31. The van der Waals surface area contributed by atoms with E-state index in [4.69, 9.17) is 4.74 Å². The number of benzene rings is 1. The Labute approximate surface area is 117 Å². The van der Waals surface area contributed by atoms with Crippen LogP contribution >= 0.6 is 0 Å². The largest absolute Gasteiger partial charge is 0.426 e. The van der Waals surface area contributed by atoms with Crippen LogP contribution in [0.4, 0.5) is 0 Å². The van der Waals surface area contributed by atoms with Crippen LogP contribution in [0.15, 0.2) is 12.1 Å². The molecule has 0 aromatic heterocycles. The van der Waals surface area contributed by atoms with Gasteiger partial charge in [0, 0.05) is 12.5 Å². The van der Waals surface area contributed by atoms with Crippen LogP contribution in [0.5, 0.6) is 5.75 Å². The average molecular weight is 262 g/mol. The van der Waals surface area contributed by atoms with E-state index in [2.05, 4.69) is 40.7 Å². The lowest BCUT2D eigenvalue weighted by Gasteiger charge is -2.31. The van der Waals surface area contributed by atoms with Crippen molar-refractivity contribution in [1.82, 2.24) is 0 Å². The normalized spacial score (nSPS) is 11.8. The molecule has 0 N–H and O–H groups in total. The first-order valence-corrected chi connectivity index (χ1v) is 6.93. The third-order valence-corrected chi connectivity index (χ3v) is 3.29. The predicted molar refractivity (Wildman–Crippen MR) is 79.7 cm³/mol. The summed E-state index contributed by atoms with van der Waals surface area (Å²) in [7, 11) is 0. The van der Waals surface area contributed by atoms with Gasteiger partial charge in [-0.3, -0.25) is 4.79 Å². The maximum absolute atomic E-state index is 11.3. The summed E-state index contributed by atoms with van der Waals surface area (Å²) in [6.45, 7) is 14.5. The third kappa shape index (κ3) is 4.09. The summed E-state index contributed by atoms with van der Waals surface area (Å²) in [5.41, 5.74) is 3.47. The number of aryl methyl sites for hydroxylation is 2. The van der Waals surface area contributed by atoms with Gasteiger partial charge in [-0.05, 0) is 48.8 Å². The molecule has 1 aromatic rings. The number of carbonyl (C=O) groups is 1. The number of esters is 1. The smallest absolute Gasteiger partial charge is 0.308 e. The monoisotopic (exact) mass is 262 g/mol. The van der Waals surface area contributed by atoms with Gasteiger partial charge in [-0.25, -0.2) is 0 Å². The zero-order valence-electron chi connectivity index (χ0n) is 13.3. The van der Waals surface area contributed by atoms with Gasteiger partial charge in [0.25, 0.3) is 0 Å². The molecule has 0 atom stereocenters. The van der Waals surface area contributed by atoms with Crippen molar-refractivity contribution in [1.29, 1.82) is 0 Å². The quantitative estimate of drug-likeness (QED) is 0.587. The molecule has 0 aliphatic heterocycles. The molecule has 1 aromatic carbocycles. The molecule has 0 aliphatic rings. The Balaban J connectivity index is 3.35. The van der Waals surface area contributed by atoms with Crippen LogP contribution in [0.25, 0.3) is 0 Å². The van der Waals surface area contributed by atoms with Gasteiger partial charge < -0.3 is 4.74 Å². The highest BCUT2D eigenvalue weighted by molar-refractivity contribution is 5.70. The number of hydrogen-bond acceptors (Lipinski definition) is 2. The highest BCUT2D eigenvalue weighted by Crippen LogP contribution is 2.39. The molecule has 2 heteroatoms. The maximum atomic E-state index is 11.3. The van der Waals surface area contributed by atoms with Crippen LogP contribution in [0.3, 0.4) is 0 Å². The molecule has 0 spiro atoms. The minimum Gasteiger partial charge on any atom is -0.426 e. The van der Waals surface area contributed by atoms with E-state index in [1.807, 2.05) is 13.0 Å². The molecule has 0 bridgehead atoms. The standard InChI is InChI=1S/C17H26O2/c1-11(2)10-17(6,7)16-13(4)8-12(3)9-15(16)19-14(5)18/h8-9,11H,10H2,1-7H3. The first-order valence-electron chi connectivity index (χ1n) is 6.93. The Bertz CT molecular complexity index is 470. The summed E-state index contributed by atoms with van der Waals surface area (Å²) in [5.74, 6) is 1.06. The first-order chi connectivity index (χ1) is 8.63. The summed E-state index contributed by atoms with van der Waals surface area (Å²) in [4.78, 5) is 11.3. The first kappa shape index (κ1) is 15.7. The van der Waals surface area contributed by atoms with Gasteiger partial charge >= 0.3 is 5.97 Å². The lowest BCUT2D eigenvalue weighted by atomic mass is 9.75. The molecule has 0 unspecified atom stereocenters. The molecule has 0 heterocycles. The van der Waals surface area contributed by atoms with Crippen molar-refractivity contribution in [3.8, 4) is 5.75 Å². The number of carbonyl (C=O) groups excluding carboxylic acids is 1. The fourth-order valence-electron chi connectivity index (χ4n) is 3.15. The second-order valence-corrected chi connectivity index (χ2v) is 6.53. The molecule has 19 heavy (non-hydrogen) atoms. The van der Waals surface area contributed by atoms with Crippen LogP contribution in [-0.2, 0) is 10.2 Å². The highest BCUT2D eigenvalue weighted by Gasteiger charge is 2.28. The van der Waals surface area contributed by atoms with Crippen molar-refractivity contribution in [2.24, 2.45) is 5.92 Å². The SMILES string of the molecule is CC(=O)Oc1cc(C)cc(C)c1C(C)(C)CC(C)C. The van der Waals surface area contributed by atoms with Crippen LogP contribution in [0.2, 0.25) is 0 Å². The van der Waals surface area contributed by atoms with E-state index in [0.29, 0.717) is 5.92 Å². The molecular formula is C17H26O2. The van der Waals surface area contributed by atoms with Gasteiger partial charge in [0.2, 0.25) is 0 Å². The number of hydrogen-bond donors (Lipinski definition) is 0. The second-order valence-electron chi connectivity index (χ2n) is 6.53.